The number of pyridine rings is 1. The van der Waals surface area contributed by atoms with Crippen LogP contribution in [0, 0.1) is 5.82 Å². The molecule has 0 saturated heterocycles. The summed E-state index contributed by atoms with van der Waals surface area (Å²) in [5, 5.41) is 2.58. The van der Waals surface area contributed by atoms with Gasteiger partial charge in [0.05, 0.1) is 17.8 Å². The lowest BCUT2D eigenvalue weighted by molar-refractivity contribution is -0.115. The molecular formula is C13H12FN3O. The van der Waals surface area contributed by atoms with Gasteiger partial charge in [0.15, 0.2) is 0 Å². The lowest BCUT2D eigenvalue weighted by atomic mass is 10.2. The van der Waals surface area contributed by atoms with Gasteiger partial charge in [0.2, 0.25) is 5.91 Å². The van der Waals surface area contributed by atoms with E-state index in [0.29, 0.717) is 5.69 Å². The van der Waals surface area contributed by atoms with Crippen LogP contribution in [-0.2, 0) is 11.2 Å². The first-order chi connectivity index (χ1) is 8.65. The highest BCUT2D eigenvalue weighted by molar-refractivity contribution is 5.95. The van der Waals surface area contributed by atoms with E-state index in [1.54, 1.807) is 24.5 Å². The first kappa shape index (κ1) is 12.0. The Morgan fingerprint density at radius 3 is 2.72 bits per heavy atom. The number of hydrogen-bond donors (Lipinski definition) is 2. The number of anilines is 2. The molecule has 0 fully saturated rings. The van der Waals surface area contributed by atoms with E-state index < -0.39 is 5.82 Å². The van der Waals surface area contributed by atoms with Gasteiger partial charge in [-0.2, -0.15) is 0 Å². The topological polar surface area (TPSA) is 68.0 Å². The van der Waals surface area contributed by atoms with Gasteiger partial charge in [0, 0.05) is 12.4 Å². The number of rotatable bonds is 3. The number of nitrogens with two attached hydrogens (primary N) is 1. The molecule has 0 bridgehead atoms. The minimum atomic E-state index is -0.441. The molecule has 2 aromatic rings. The predicted molar refractivity (Wildman–Crippen MR) is 67.4 cm³/mol. The Bertz CT molecular complexity index is 557. The van der Waals surface area contributed by atoms with Crippen LogP contribution in [0.3, 0.4) is 0 Å². The van der Waals surface area contributed by atoms with Crippen molar-refractivity contribution in [3.8, 4) is 0 Å². The average Bonchev–Trinajstić information content (AvgIpc) is 2.35. The van der Waals surface area contributed by atoms with Crippen LogP contribution in [0.25, 0.3) is 0 Å². The van der Waals surface area contributed by atoms with Crippen LogP contribution >= 0.6 is 0 Å². The second kappa shape index (κ2) is 5.27. The summed E-state index contributed by atoms with van der Waals surface area (Å²) >= 11 is 0. The van der Waals surface area contributed by atoms with Crippen LogP contribution in [0.4, 0.5) is 15.8 Å². The van der Waals surface area contributed by atoms with Crippen molar-refractivity contribution >= 4 is 17.3 Å². The molecule has 18 heavy (non-hydrogen) atoms. The minimum absolute atomic E-state index is 0.193. The Kier molecular flexibility index (Phi) is 3.52. The van der Waals surface area contributed by atoms with Gasteiger partial charge in [-0.15, -0.1) is 0 Å². The minimum Gasteiger partial charge on any atom is -0.397 e. The Hall–Kier alpha value is -2.43. The summed E-state index contributed by atoms with van der Waals surface area (Å²) in [5.41, 5.74) is 7.09. The molecule has 1 aromatic carbocycles. The molecule has 1 amide bonds. The summed E-state index contributed by atoms with van der Waals surface area (Å²) in [6, 6.07) is 7.34. The summed E-state index contributed by atoms with van der Waals surface area (Å²) in [6.45, 7) is 0. The predicted octanol–water partition coefficient (Wildman–Crippen LogP) is 1.98. The third-order valence-corrected chi connectivity index (χ3v) is 2.40. The van der Waals surface area contributed by atoms with E-state index in [2.05, 4.69) is 10.3 Å². The molecule has 0 radical (unpaired) electrons. The molecule has 2 rings (SSSR count). The second-order valence-corrected chi connectivity index (χ2v) is 3.81. The fraction of sp³-hybridized carbons (Fsp3) is 0.0769. The molecule has 4 nitrogen and oxygen atoms in total. The summed E-state index contributed by atoms with van der Waals surface area (Å²) in [7, 11) is 0. The number of aromatic nitrogens is 1. The fourth-order valence-electron chi connectivity index (χ4n) is 1.52. The fourth-order valence-corrected chi connectivity index (χ4v) is 1.52. The number of nitrogen functional groups attached to an aromatic ring is 1. The zero-order valence-corrected chi connectivity index (χ0v) is 9.56. The van der Waals surface area contributed by atoms with Crippen LogP contribution < -0.4 is 11.1 Å². The zero-order valence-electron chi connectivity index (χ0n) is 9.56. The molecule has 0 atom stereocenters. The van der Waals surface area contributed by atoms with Gasteiger partial charge in [-0.05, 0) is 35.9 Å². The maximum absolute atomic E-state index is 13.0. The molecule has 92 valence electrons. The van der Waals surface area contributed by atoms with E-state index >= 15 is 0 Å². The highest BCUT2D eigenvalue weighted by Gasteiger charge is 2.07. The number of benzene rings is 1. The molecule has 0 saturated carbocycles. The van der Waals surface area contributed by atoms with Gasteiger partial charge >= 0.3 is 0 Å². The van der Waals surface area contributed by atoms with Crippen molar-refractivity contribution in [1.82, 2.24) is 4.98 Å². The smallest absolute Gasteiger partial charge is 0.228 e. The van der Waals surface area contributed by atoms with Crippen molar-refractivity contribution in [2.75, 3.05) is 11.1 Å². The number of nitrogens with zero attached hydrogens (tertiary/aromatic N) is 1. The molecule has 0 aliphatic rings. The zero-order chi connectivity index (χ0) is 13.0. The normalized spacial score (nSPS) is 10.1. The number of nitrogens with one attached hydrogen (secondary N) is 1. The highest BCUT2D eigenvalue weighted by atomic mass is 19.1. The number of carbonyl (C=O) groups excluding carboxylic acids is 1. The molecule has 1 aromatic heterocycles. The third-order valence-electron chi connectivity index (χ3n) is 2.40. The van der Waals surface area contributed by atoms with Crippen molar-refractivity contribution in [1.29, 1.82) is 0 Å². The summed E-state index contributed by atoms with van der Waals surface area (Å²) in [4.78, 5) is 15.6. The Labute approximate surface area is 104 Å². The van der Waals surface area contributed by atoms with Gasteiger partial charge in [0.1, 0.15) is 5.82 Å². The Morgan fingerprint density at radius 1 is 1.28 bits per heavy atom. The van der Waals surface area contributed by atoms with Gasteiger partial charge in [0.25, 0.3) is 0 Å². The summed E-state index contributed by atoms with van der Waals surface area (Å²) < 4.78 is 13.0. The van der Waals surface area contributed by atoms with Crippen molar-refractivity contribution in [3.63, 3.8) is 0 Å². The SMILES string of the molecule is Nc1ccc(F)cc1NC(=O)Cc1ccncc1. The first-order valence-corrected chi connectivity index (χ1v) is 5.39. The summed E-state index contributed by atoms with van der Waals surface area (Å²) in [5.74, 6) is -0.693. The Morgan fingerprint density at radius 2 is 2.00 bits per heavy atom. The molecule has 0 aliphatic carbocycles. The highest BCUT2D eigenvalue weighted by Crippen LogP contribution is 2.19. The van der Waals surface area contributed by atoms with E-state index in [9.17, 15) is 9.18 Å². The van der Waals surface area contributed by atoms with Gasteiger partial charge in [-0.3, -0.25) is 9.78 Å². The number of amides is 1. The van der Waals surface area contributed by atoms with E-state index in [-0.39, 0.29) is 18.0 Å². The Balaban J connectivity index is 2.05. The van der Waals surface area contributed by atoms with Gasteiger partial charge < -0.3 is 11.1 Å². The average molecular weight is 245 g/mol. The van der Waals surface area contributed by atoms with Crippen molar-refractivity contribution < 1.29 is 9.18 Å². The largest absolute Gasteiger partial charge is 0.397 e. The lowest BCUT2D eigenvalue weighted by Gasteiger charge is -2.08. The number of carbonyl (C=O) groups is 1. The quantitative estimate of drug-likeness (QED) is 0.812. The second-order valence-electron chi connectivity index (χ2n) is 3.81. The van der Waals surface area contributed by atoms with Crippen LogP contribution in [0.15, 0.2) is 42.7 Å². The van der Waals surface area contributed by atoms with E-state index in [1.807, 2.05) is 0 Å². The third kappa shape index (κ3) is 3.04. The molecule has 0 unspecified atom stereocenters. The van der Waals surface area contributed by atoms with Crippen molar-refractivity contribution in [3.05, 3.63) is 54.1 Å². The van der Waals surface area contributed by atoms with E-state index in [4.69, 9.17) is 5.73 Å². The first-order valence-electron chi connectivity index (χ1n) is 5.39. The van der Waals surface area contributed by atoms with Crippen LogP contribution in [0.1, 0.15) is 5.56 Å². The molecule has 5 heteroatoms. The number of halogens is 1. The maximum Gasteiger partial charge on any atom is 0.228 e. The van der Waals surface area contributed by atoms with E-state index in [1.165, 1.54) is 18.2 Å². The molecule has 1 heterocycles. The monoisotopic (exact) mass is 245 g/mol. The lowest BCUT2D eigenvalue weighted by Crippen LogP contribution is -2.15. The number of hydrogen-bond acceptors (Lipinski definition) is 3. The maximum atomic E-state index is 13.0. The summed E-state index contributed by atoms with van der Waals surface area (Å²) in [6.07, 6.45) is 3.41. The van der Waals surface area contributed by atoms with Crippen LogP contribution in [0.5, 0.6) is 0 Å². The standard InChI is InChI=1S/C13H12FN3O/c14-10-1-2-11(15)12(8-10)17-13(18)7-9-3-5-16-6-4-9/h1-6,8H,7,15H2,(H,17,18). The van der Waals surface area contributed by atoms with Crippen LogP contribution in [0.2, 0.25) is 0 Å². The van der Waals surface area contributed by atoms with E-state index in [0.717, 1.165) is 5.56 Å². The van der Waals surface area contributed by atoms with Crippen molar-refractivity contribution in [2.24, 2.45) is 0 Å². The molecule has 3 N–H and O–H groups in total. The van der Waals surface area contributed by atoms with Gasteiger partial charge in [-0.25, -0.2) is 4.39 Å². The molecule has 0 spiro atoms. The van der Waals surface area contributed by atoms with Gasteiger partial charge in [-0.1, -0.05) is 0 Å². The van der Waals surface area contributed by atoms with Crippen molar-refractivity contribution in [2.45, 2.75) is 6.42 Å². The molecule has 0 aliphatic heterocycles. The molecular weight excluding hydrogens is 233 g/mol. The van der Waals surface area contributed by atoms with Crippen LogP contribution in [-0.4, -0.2) is 10.9 Å².